The second-order valence-electron chi connectivity index (χ2n) is 7.94. The average molecular weight is 484 g/mol. The van der Waals surface area contributed by atoms with Gasteiger partial charge in [0, 0.05) is 28.5 Å². The number of hydrogen-bond donors (Lipinski definition) is 0. The topological polar surface area (TPSA) is 105 Å². The Balaban J connectivity index is 1.48. The Morgan fingerprint density at radius 2 is 1.67 bits per heavy atom. The predicted octanol–water partition coefficient (Wildman–Crippen LogP) is 4.94. The summed E-state index contributed by atoms with van der Waals surface area (Å²) in [5.41, 5.74) is 1.28. The lowest BCUT2D eigenvalue weighted by molar-refractivity contribution is 0.0600. The van der Waals surface area contributed by atoms with E-state index in [-0.39, 0.29) is 17.8 Å². The maximum atomic E-state index is 12.9. The van der Waals surface area contributed by atoms with Gasteiger partial charge in [0.2, 0.25) is 0 Å². The molecule has 0 bridgehead atoms. The van der Waals surface area contributed by atoms with Crippen LogP contribution in [0.4, 0.5) is 0 Å². The molecule has 2 aromatic heterocycles. The fourth-order valence-corrected chi connectivity index (χ4v) is 3.94. The first-order chi connectivity index (χ1) is 17.5. The minimum Gasteiger partial charge on any atom is -0.493 e. The van der Waals surface area contributed by atoms with Gasteiger partial charge in [-0.2, -0.15) is 0 Å². The van der Waals surface area contributed by atoms with Crippen LogP contribution < -0.4 is 20.7 Å². The fourth-order valence-electron chi connectivity index (χ4n) is 3.94. The second kappa shape index (κ2) is 9.42. The van der Waals surface area contributed by atoms with Crippen LogP contribution in [0.5, 0.6) is 11.5 Å². The van der Waals surface area contributed by atoms with Crippen LogP contribution in [0.2, 0.25) is 0 Å². The lowest BCUT2D eigenvalue weighted by Crippen LogP contribution is -2.07. The zero-order valence-electron chi connectivity index (χ0n) is 19.4. The van der Waals surface area contributed by atoms with Crippen LogP contribution in [0, 0.1) is 0 Å². The lowest BCUT2D eigenvalue weighted by Gasteiger charge is -2.10. The molecule has 8 heteroatoms. The highest BCUT2D eigenvalue weighted by atomic mass is 16.5. The van der Waals surface area contributed by atoms with E-state index in [0.717, 1.165) is 5.56 Å². The highest BCUT2D eigenvalue weighted by Gasteiger charge is 2.16. The smallest absolute Gasteiger partial charge is 0.344 e. The standard InChI is InChI=1S/C28H20O8/c1-32-23-5-3-4-18-12-22(28(31)36-26(18)23)21-14-25(29)35-24-13-19(10-11-20(21)24)34-15-16-6-8-17(9-7-16)27(30)33-2/h3-14H,15H2,1-2H3. The van der Waals surface area contributed by atoms with Crippen LogP contribution in [0.25, 0.3) is 33.1 Å². The molecule has 5 aromatic rings. The van der Waals surface area contributed by atoms with Crippen molar-refractivity contribution in [3.8, 4) is 22.6 Å². The predicted molar refractivity (Wildman–Crippen MR) is 133 cm³/mol. The molecule has 8 nitrogen and oxygen atoms in total. The highest BCUT2D eigenvalue weighted by molar-refractivity contribution is 5.96. The van der Waals surface area contributed by atoms with Crippen molar-refractivity contribution < 1.29 is 27.8 Å². The third kappa shape index (κ3) is 4.32. The van der Waals surface area contributed by atoms with Crippen LogP contribution in [0.1, 0.15) is 15.9 Å². The molecular formula is C28H20O8. The molecule has 0 aliphatic heterocycles. The van der Waals surface area contributed by atoms with Gasteiger partial charge in [-0.15, -0.1) is 0 Å². The maximum absolute atomic E-state index is 12.9. The van der Waals surface area contributed by atoms with Crippen molar-refractivity contribution in [2.75, 3.05) is 14.2 Å². The summed E-state index contributed by atoms with van der Waals surface area (Å²) in [6, 6.07) is 20.1. The molecule has 0 spiro atoms. The van der Waals surface area contributed by atoms with Crippen molar-refractivity contribution in [3.05, 3.63) is 105 Å². The summed E-state index contributed by atoms with van der Waals surface area (Å²) in [5, 5.41) is 1.21. The maximum Gasteiger partial charge on any atom is 0.344 e. The molecule has 0 atom stereocenters. The van der Waals surface area contributed by atoms with Crippen LogP contribution in [-0.4, -0.2) is 20.2 Å². The van der Waals surface area contributed by atoms with Gasteiger partial charge in [-0.3, -0.25) is 0 Å². The quantitative estimate of drug-likeness (QED) is 0.247. The number of carbonyl (C=O) groups excluding carboxylic acids is 1. The third-order valence-corrected chi connectivity index (χ3v) is 5.73. The van der Waals surface area contributed by atoms with Gasteiger partial charge in [-0.1, -0.05) is 24.3 Å². The SMILES string of the molecule is COC(=O)c1ccc(COc2ccc3c(-c4cc5cccc(OC)c5oc4=O)cc(=O)oc3c2)cc1. The summed E-state index contributed by atoms with van der Waals surface area (Å²) in [6.45, 7) is 0.229. The third-order valence-electron chi connectivity index (χ3n) is 5.73. The number of rotatable bonds is 6. The number of para-hydroxylation sites is 1. The van der Waals surface area contributed by atoms with E-state index >= 15 is 0 Å². The Hall–Kier alpha value is -4.85. The van der Waals surface area contributed by atoms with E-state index in [9.17, 15) is 14.4 Å². The highest BCUT2D eigenvalue weighted by Crippen LogP contribution is 2.32. The lowest BCUT2D eigenvalue weighted by atomic mass is 10.0. The van der Waals surface area contributed by atoms with Crippen molar-refractivity contribution in [2.24, 2.45) is 0 Å². The van der Waals surface area contributed by atoms with E-state index in [2.05, 4.69) is 0 Å². The molecule has 0 saturated carbocycles. The summed E-state index contributed by atoms with van der Waals surface area (Å²) in [5.74, 6) is 0.493. The van der Waals surface area contributed by atoms with Crippen molar-refractivity contribution in [3.63, 3.8) is 0 Å². The minimum atomic E-state index is -0.613. The molecule has 5 rings (SSSR count). The van der Waals surface area contributed by atoms with E-state index in [1.807, 2.05) is 0 Å². The summed E-state index contributed by atoms with van der Waals surface area (Å²) < 4.78 is 26.7. The molecule has 0 amide bonds. The molecule has 0 aliphatic rings. The Labute approximate surface area is 204 Å². The van der Waals surface area contributed by atoms with Crippen molar-refractivity contribution in [2.45, 2.75) is 6.61 Å². The zero-order chi connectivity index (χ0) is 25.2. The Kier molecular flexibility index (Phi) is 6.00. The first-order valence-electron chi connectivity index (χ1n) is 11.0. The normalized spacial score (nSPS) is 10.9. The molecule has 0 unspecified atom stereocenters. The zero-order valence-corrected chi connectivity index (χ0v) is 19.4. The van der Waals surface area contributed by atoms with Crippen molar-refractivity contribution >= 4 is 27.9 Å². The molecule has 180 valence electrons. The van der Waals surface area contributed by atoms with Gasteiger partial charge in [-0.25, -0.2) is 14.4 Å². The number of methoxy groups -OCH3 is 2. The van der Waals surface area contributed by atoms with Crippen LogP contribution in [-0.2, 0) is 11.3 Å². The van der Waals surface area contributed by atoms with Crippen LogP contribution in [0.15, 0.2) is 91.2 Å². The minimum absolute atomic E-state index is 0.229. The molecule has 0 aliphatic carbocycles. The number of carbonyl (C=O) groups is 1. The first kappa shape index (κ1) is 22.9. The number of ether oxygens (including phenoxy) is 3. The van der Waals surface area contributed by atoms with Gasteiger partial charge < -0.3 is 23.0 Å². The van der Waals surface area contributed by atoms with Crippen LogP contribution in [0.3, 0.4) is 0 Å². The number of fused-ring (bicyclic) bond motifs is 2. The summed E-state index contributed by atoms with van der Waals surface area (Å²) >= 11 is 0. The monoisotopic (exact) mass is 484 g/mol. The number of hydrogen-bond acceptors (Lipinski definition) is 8. The van der Waals surface area contributed by atoms with Crippen LogP contribution >= 0.6 is 0 Å². The molecule has 0 saturated heterocycles. The molecule has 0 fully saturated rings. The Morgan fingerprint density at radius 1 is 0.861 bits per heavy atom. The van der Waals surface area contributed by atoms with E-state index in [4.69, 9.17) is 23.0 Å². The average Bonchev–Trinajstić information content (AvgIpc) is 2.90. The second-order valence-corrected chi connectivity index (χ2v) is 7.94. The molecule has 0 N–H and O–H groups in total. The van der Waals surface area contributed by atoms with E-state index < -0.39 is 17.2 Å². The molecule has 0 radical (unpaired) electrons. The van der Waals surface area contributed by atoms with Gasteiger partial charge in [0.15, 0.2) is 11.3 Å². The molecule has 2 heterocycles. The number of benzene rings is 3. The Morgan fingerprint density at radius 3 is 2.42 bits per heavy atom. The van der Waals surface area contributed by atoms with E-state index in [1.54, 1.807) is 66.7 Å². The molecule has 3 aromatic carbocycles. The Bertz CT molecular complexity index is 1710. The van der Waals surface area contributed by atoms with Gasteiger partial charge in [0.25, 0.3) is 0 Å². The molecule has 36 heavy (non-hydrogen) atoms. The number of esters is 1. The van der Waals surface area contributed by atoms with Gasteiger partial charge in [0.05, 0.1) is 25.3 Å². The van der Waals surface area contributed by atoms with Gasteiger partial charge >= 0.3 is 17.2 Å². The summed E-state index contributed by atoms with van der Waals surface area (Å²) in [6.07, 6.45) is 0. The van der Waals surface area contributed by atoms with E-state index in [0.29, 0.717) is 39.0 Å². The summed E-state index contributed by atoms with van der Waals surface area (Å²) in [4.78, 5) is 36.8. The fraction of sp³-hybridized carbons (Fsp3) is 0.107. The van der Waals surface area contributed by atoms with Gasteiger partial charge in [-0.05, 0) is 42.0 Å². The first-order valence-corrected chi connectivity index (χ1v) is 11.0. The summed E-state index contributed by atoms with van der Waals surface area (Å²) in [7, 11) is 2.82. The largest absolute Gasteiger partial charge is 0.493 e. The molecular weight excluding hydrogens is 464 g/mol. The van der Waals surface area contributed by atoms with Crippen molar-refractivity contribution in [1.29, 1.82) is 0 Å². The van der Waals surface area contributed by atoms with Gasteiger partial charge in [0.1, 0.15) is 17.9 Å². The van der Waals surface area contributed by atoms with E-state index in [1.165, 1.54) is 20.3 Å². The van der Waals surface area contributed by atoms with Crippen molar-refractivity contribution in [1.82, 2.24) is 0 Å².